The van der Waals surface area contributed by atoms with Crippen LogP contribution >= 0.6 is 0 Å². The van der Waals surface area contributed by atoms with Gasteiger partial charge < -0.3 is 18.8 Å². The molecule has 1 unspecified atom stereocenters. The van der Waals surface area contributed by atoms with Gasteiger partial charge in [0.2, 0.25) is 0 Å². The van der Waals surface area contributed by atoms with E-state index in [0.29, 0.717) is 55.7 Å². The summed E-state index contributed by atoms with van der Waals surface area (Å²) in [6, 6.07) is 32.2. The van der Waals surface area contributed by atoms with E-state index in [-0.39, 0.29) is 111 Å². The number of aromatic nitrogens is 1. The molecule has 2 aromatic heterocycles. The van der Waals surface area contributed by atoms with Gasteiger partial charge in [0.25, 0.3) is 0 Å². The lowest BCUT2D eigenvalue weighted by Crippen LogP contribution is -2.29. The molecule has 0 bridgehead atoms. The van der Waals surface area contributed by atoms with Crippen LogP contribution in [0.5, 0.6) is 0 Å². The number of nitrogens with zero attached hydrogens (tertiary/aromatic N) is 3. The second-order valence-electron chi connectivity index (χ2n) is 24.8. The fourth-order valence-electron chi connectivity index (χ4n) is 14.4. The molecule has 3 aliphatic rings. The van der Waals surface area contributed by atoms with Crippen molar-refractivity contribution in [2.24, 2.45) is 0 Å². The van der Waals surface area contributed by atoms with Gasteiger partial charge in [0.1, 0.15) is 5.58 Å². The molecule has 4 nitrogen and oxygen atoms in total. The Kier molecular flexibility index (Phi) is 7.58. The minimum absolute atomic E-state index is 0.0203. The Morgan fingerprint density at radius 1 is 0.319 bits per heavy atom. The van der Waals surface area contributed by atoms with E-state index in [2.05, 4.69) is 39.0 Å². The summed E-state index contributed by atoms with van der Waals surface area (Å²) in [6.07, 6.45) is 0. The summed E-state index contributed by atoms with van der Waals surface area (Å²) in [6.45, 7) is 6.34. The number of fused-ring (bicyclic) bond motifs is 13. The number of anilines is 6. The fraction of sp³-hybridized carbons (Fsp3) is 0.0667. The van der Waals surface area contributed by atoms with Crippen molar-refractivity contribution in [2.45, 2.75) is 38.0 Å². The van der Waals surface area contributed by atoms with E-state index in [4.69, 9.17) is 20.9 Å². The molecule has 4 heteroatoms. The highest BCUT2D eigenvalue weighted by Crippen LogP contribution is 2.63. The molecule has 1 atom stereocenters. The van der Waals surface area contributed by atoms with E-state index >= 15 is 0 Å². The van der Waals surface area contributed by atoms with Crippen LogP contribution in [0.15, 0.2) is 319 Å². The lowest BCUT2D eigenvalue weighted by atomic mass is 9.74. The number of hydrogen-bond donors (Lipinski definition) is 0. The van der Waals surface area contributed by atoms with Crippen molar-refractivity contribution in [1.29, 1.82) is 0 Å². The van der Waals surface area contributed by atoms with Crippen molar-refractivity contribution in [1.82, 2.24) is 4.57 Å². The van der Waals surface area contributed by atoms with Gasteiger partial charge >= 0.3 is 0 Å². The molecule has 0 N–H and O–H groups in total. The second kappa shape index (κ2) is 20.9. The Labute approximate surface area is 583 Å². The number of hydrogen-bond acceptors (Lipinski definition) is 3. The third kappa shape index (κ3) is 8.32. The van der Waals surface area contributed by atoms with Gasteiger partial charge in [-0.1, -0.05) is 275 Å². The monoisotopic (exact) mass is 1230 g/mol. The first-order valence-corrected chi connectivity index (χ1v) is 30.7. The Morgan fingerprint density at radius 2 is 0.830 bits per heavy atom. The molecule has 94 heavy (non-hydrogen) atoms. The zero-order valence-electron chi connectivity index (χ0n) is 76.4. The van der Waals surface area contributed by atoms with Crippen molar-refractivity contribution >= 4 is 77.9 Å². The predicted molar refractivity (Wildman–Crippen MR) is 392 cm³/mol. The maximum atomic E-state index is 10.0. The van der Waals surface area contributed by atoms with Crippen LogP contribution in [-0.2, 0) is 5.41 Å². The normalized spacial score (nSPS) is 17.8. The van der Waals surface area contributed by atoms with Crippen LogP contribution in [0.2, 0.25) is 0 Å². The van der Waals surface area contributed by atoms with Gasteiger partial charge in [-0.25, -0.2) is 0 Å². The molecular weight excluding hydrogens is 1140 g/mol. The Hall–Kier alpha value is -11.7. The van der Waals surface area contributed by atoms with Crippen LogP contribution in [0.3, 0.4) is 0 Å². The maximum Gasteiger partial charge on any atom is 0.159 e. The van der Waals surface area contributed by atoms with Gasteiger partial charge in [-0.05, 0) is 149 Å². The second-order valence-corrected chi connectivity index (χ2v) is 24.8. The van der Waals surface area contributed by atoms with Gasteiger partial charge in [0.15, 0.2) is 5.58 Å². The molecule has 19 rings (SSSR count). The molecule has 1 aliphatic carbocycles. The SMILES string of the molecule is [2H]c1c([2H])c([2H])c(-c2ccc3c(c2)N(c2cc(-c4ccccc4)cc(-c4ccc(C(C)(C)C)cc4)c2)c2cc(-n4c5c([2H])c([2H])c([2H])c([2H])c5c5c([2H])c([2H])c([2H])c([2H])c54)cc4c2C3c2ccc(-c3c([2H])c([2H])c([2H])c([2H])c3[2H])cc2N4c2cccc3c2oc2c(C4c5c([2H])c([2H])c([2H])c([2H])c5-c5c([2H])c([2H])c([2H])c([2H])c54)cccc23)c([2H])c1[2H]. The van der Waals surface area contributed by atoms with E-state index in [1.165, 1.54) is 4.57 Å². The third-order valence-corrected chi connectivity index (χ3v) is 18.6. The zero-order valence-corrected chi connectivity index (χ0v) is 50.4. The lowest BCUT2D eigenvalue weighted by molar-refractivity contribution is 0.590. The van der Waals surface area contributed by atoms with Crippen LogP contribution in [0, 0.1) is 0 Å². The standard InChI is InChI=1S/C90H63N3O/c1-90(2,3)64-45-41-59(42-46-64)63-49-62(58-27-11-6-12-28-58)50-65(51-63)92-81-52-60(56-23-7-4-8-24-56)43-47-75(81)86-76-48-44-61(57-25-9-5-10-26-57)53-82(76)93(84-55-66(54-83(92)87(84)86)91-78-38-19-17-31-69(78)70-32-18-20-39-79(70)91)80-40-22-36-74-73-35-21-37-77(88(73)94-89(74)80)85-71-33-15-13-29-67(71)68-30-14-16-34-72(68)85/h4-55,85-86H,1-3H3/i4D,5D,7D,8D,9D,10D,13D,14D,15D,16D,17D,18D,19D,20D,23D,24D,25D,26D,29D,30D,31D,32D,33D,34D,38D,39D. The van der Waals surface area contributed by atoms with Gasteiger partial charge in [0, 0.05) is 50.2 Å². The fourth-order valence-corrected chi connectivity index (χ4v) is 14.4. The first-order valence-electron chi connectivity index (χ1n) is 43.7. The summed E-state index contributed by atoms with van der Waals surface area (Å²) in [5, 5.41) is 0.348. The highest BCUT2D eigenvalue weighted by atomic mass is 16.3. The van der Waals surface area contributed by atoms with Gasteiger partial charge in [-0.2, -0.15) is 0 Å². The predicted octanol–water partition coefficient (Wildman–Crippen LogP) is 24.6. The Bertz CT molecular complexity index is 7170. The molecule has 4 heterocycles. The first kappa shape index (κ1) is 34.1. The van der Waals surface area contributed by atoms with Crippen LogP contribution in [0.4, 0.5) is 34.1 Å². The average molecular weight is 1230 g/mol. The summed E-state index contributed by atoms with van der Waals surface area (Å²) >= 11 is 0. The molecule has 14 aromatic carbocycles. The van der Waals surface area contributed by atoms with Crippen LogP contribution in [0.1, 0.15) is 107 Å². The van der Waals surface area contributed by atoms with Crippen LogP contribution in [0.25, 0.3) is 105 Å². The molecule has 0 amide bonds. The minimum Gasteiger partial charge on any atom is -0.454 e. The van der Waals surface area contributed by atoms with Crippen molar-refractivity contribution < 1.29 is 40.1 Å². The van der Waals surface area contributed by atoms with Gasteiger partial charge in [-0.3, -0.25) is 0 Å². The minimum atomic E-state index is -1.32. The van der Waals surface area contributed by atoms with E-state index in [9.17, 15) is 19.2 Å². The number of benzene rings is 14. The zero-order chi connectivity index (χ0) is 85.0. The first-order chi connectivity index (χ1) is 57.0. The van der Waals surface area contributed by atoms with E-state index < -0.39 is 169 Å². The summed E-state index contributed by atoms with van der Waals surface area (Å²) < 4.78 is 251. The smallest absolute Gasteiger partial charge is 0.159 e. The van der Waals surface area contributed by atoms with Crippen molar-refractivity contribution in [3.05, 3.63) is 354 Å². The van der Waals surface area contributed by atoms with E-state index in [0.717, 1.165) is 16.7 Å². The summed E-state index contributed by atoms with van der Waals surface area (Å²) in [4.78, 5) is 3.78. The number of para-hydroxylation sites is 4. The largest absolute Gasteiger partial charge is 0.454 e. The van der Waals surface area contributed by atoms with E-state index in [1.54, 1.807) is 84.9 Å². The van der Waals surface area contributed by atoms with Crippen molar-refractivity contribution in [2.75, 3.05) is 9.80 Å². The number of furan rings is 1. The van der Waals surface area contributed by atoms with E-state index in [1.807, 2.05) is 64.4 Å². The molecule has 0 spiro atoms. The molecule has 2 aliphatic heterocycles. The highest BCUT2D eigenvalue weighted by molar-refractivity contribution is 6.14. The molecular formula is C90H63N3O. The average Bonchev–Trinajstić information content (AvgIpc) is 1.12. The Morgan fingerprint density at radius 3 is 1.44 bits per heavy atom. The van der Waals surface area contributed by atoms with Crippen LogP contribution < -0.4 is 9.80 Å². The molecule has 0 radical (unpaired) electrons. The van der Waals surface area contributed by atoms with Gasteiger partial charge in [0.05, 0.1) is 80.8 Å². The summed E-state index contributed by atoms with van der Waals surface area (Å²) in [5.41, 5.74) is 6.76. The third-order valence-electron chi connectivity index (χ3n) is 18.6. The topological polar surface area (TPSA) is 24.6 Å². The van der Waals surface area contributed by atoms with Crippen LogP contribution in [-0.4, -0.2) is 4.57 Å². The summed E-state index contributed by atoms with van der Waals surface area (Å²) in [5.74, 6) is -2.34. The van der Waals surface area contributed by atoms with Crippen molar-refractivity contribution in [3.63, 3.8) is 0 Å². The Balaban J connectivity index is 1.00. The summed E-state index contributed by atoms with van der Waals surface area (Å²) in [7, 11) is 0. The molecule has 444 valence electrons. The molecule has 0 saturated heterocycles. The maximum absolute atomic E-state index is 10.0. The number of rotatable bonds is 8. The molecule has 0 saturated carbocycles. The lowest BCUT2D eigenvalue weighted by Gasteiger charge is -2.45. The van der Waals surface area contributed by atoms with Crippen molar-refractivity contribution in [3.8, 4) is 61.3 Å². The van der Waals surface area contributed by atoms with Gasteiger partial charge in [-0.15, -0.1) is 0 Å². The molecule has 16 aromatic rings. The quantitative estimate of drug-likeness (QED) is 0.152. The molecule has 0 fully saturated rings. The highest BCUT2D eigenvalue weighted by Gasteiger charge is 2.43.